The number of nitrogens with zero attached hydrogens (tertiary/aromatic N) is 1. The summed E-state index contributed by atoms with van der Waals surface area (Å²) in [7, 11) is 0. The molecule has 1 aromatic carbocycles. The van der Waals surface area contributed by atoms with Gasteiger partial charge in [-0.2, -0.15) is 0 Å². The molecule has 1 aliphatic rings. The van der Waals surface area contributed by atoms with Gasteiger partial charge < -0.3 is 5.73 Å². The van der Waals surface area contributed by atoms with Crippen molar-refractivity contribution in [3.8, 4) is 0 Å². The molecule has 0 radical (unpaired) electrons. The van der Waals surface area contributed by atoms with E-state index in [0.717, 1.165) is 19.5 Å². The standard InChI is InChI=1S/C17H28N2/c1-13-10-14(2)17(15(3)11-13)12-19-9-5-4-6-16(19)7-8-18/h10-11,16H,4-9,12,18H2,1-3H3. The highest BCUT2D eigenvalue weighted by molar-refractivity contribution is 5.37. The predicted molar refractivity (Wildman–Crippen MR) is 82.4 cm³/mol. The molecule has 2 rings (SSSR count). The Labute approximate surface area is 118 Å². The summed E-state index contributed by atoms with van der Waals surface area (Å²) in [4.78, 5) is 2.65. The Morgan fingerprint density at radius 3 is 2.47 bits per heavy atom. The lowest BCUT2D eigenvalue weighted by Gasteiger charge is -2.36. The van der Waals surface area contributed by atoms with Crippen LogP contribution in [0.4, 0.5) is 0 Å². The summed E-state index contributed by atoms with van der Waals surface area (Å²) in [6.07, 6.45) is 5.17. The van der Waals surface area contributed by atoms with Crippen LogP contribution in [-0.2, 0) is 6.54 Å². The summed E-state index contributed by atoms with van der Waals surface area (Å²) in [6.45, 7) is 9.82. The van der Waals surface area contributed by atoms with E-state index >= 15 is 0 Å². The minimum Gasteiger partial charge on any atom is -0.330 e. The van der Waals surface area contributed by atoms with Crippen LogP contribution in [0.5, 0.6) is 0 Å². The first kappa shape index (κ1) is 14.5. The molecule has 1 atom stereocenters. The van der Waals surface area contributed by atoms with Crippen LogP contribution in [0.3, 0.4) is 0 Å². The van der Waals surface area contributed by atoms with E-state index in [4.69, 9.17) is 5.73 Å². The molecule has 0 amide bonds. The van der Waals surface area contributed by atoms with Gasteiger partial charge in [0.2, 0.25) is 0 Å². The van der Waals surface area contributed by atoms with Crippen molar-refractivity contribution in [2.24, 2.45) is 5.73 Å². The molecule has 2 heteroatoms. The Hall–Kier alpha value is -0.860. The Bertz CT molecular complexity index is 400. The molecular weight excluding hydrogens is 232 g/mol. The first-order chi connectivity index (χ1) is 9.11. The summed E-state index contributed by atoms with van der Waals surface area (Å²) in [5, 5.41) is 0. The van der Waals surface area contributed by atoms with Gasteiger partial charge in [-0.25, -0.2) is 0 Å². The SMILES string of the molecule is Cc1cc(C)c(CN2CCCCC2CCN)c(C)c1. The minimum absolute atomic E-state index is 0.693. The monoisotopic (exact) mass is 260 g/mol. The second-order valence-corrected chi connectivity index (χ2v) is 6.07. The predicted octanol–water partition coefficient (Wildman–Crippen LogP) is 3.32. The van der Waals surface area contributed by atoms with Crippen molar-refractivity contribution in [2.75, 3.05) is 13.1 Å². The number of rotatable bonds is 4. The van der Waals surface area contributed by atoms with Crippen LogP contribution in [-0.4, -0.2) is 24.0 Å². The number of piperidine rings is 1. The molecule has 0 aromatic heterocycles. The van der Waals surface area contributed by atoms with Crippen LogP contribution in [0.2, 0.25) is 0 Å². The van der Waals surface area contributed by atoms with Crippen molar-refractivity contribution >= 4 is 0 Å². The van der Waals surface area contributed by atoms with Gasteiger partial charge in [0.15, 0.2) is 0 Å². The summed E-state index contributed by atoms with van der Waals surface area (Å²) < 4.78 is 0. The van der Waals surface area contributed by atoms with E-state index in [1.807, 2.05) is 0 Å². The van der Waals surface area contributed by atoms with E-state index in [2.05, 4.69) is 37.8 Å². The van der Waals surface area contributed by atoms with Gasteiger partial charge in [-0.1, -0.05) is 24.1 Å². The fraction of sp³-hybridized carbons (Fsp3) is 0.647. The van der Waals surface area contributed by atoms with Crippen LogP contribution < -0.4 is 5.73 Å². The summed E-state index contributed by atoms with van der Waals surface area (Å²) in [6, 6.07) is 5.31. The zero-order valence-corrected chi connectivity index (χ0v) is 12.7. The lowest BCUT2D eigenvalue weighted by Crippen LogP contribution is -2.40. The average Bonchev–Trinajstić information content (AvgIpc) is 2.36. The summed E-state index contributed by atoms with van der Waals surface area (Å²) in [5.41, 5.74) is 11.5. The number of hydrogen-bond donors (Lipinski definition) is 1. The van der Waals surface area contributed by atoms with Gasteiger partial charge in [0.25, 0.3) is 0 Å². The highest BCUT2D eigenvalue weighted by atomic mass is 15.2. The molecule has 1 saturated heterocycles. The summed E-state index contributed by atoms with van der Waals surface area (Å²) >= 11 is 0. The van der Waals surface area contributed by atoms with E-state index in [-0.39, 0.29) is 0 Å². The van der Waals surface area contributed by atoms with E-state index < -0.39 is 0 Å². The fourth-order valence-electron chi connectivity index (χ4n) is 3.45. The number of likely N-dealkylation sites (tertiary alicyclic amines) is 1. The van der Waals surface area contributed by atoms with Gasteiger partial charge in [0.1, 0.15) is 0 Å². The quantitative estimate of drug-likeness (QED) is 0.900. The minimum atomic E-state index is 0.693. The Morgan fingerprint density at radius 2 is 1.84 bits per heavy atom. The maximum atomic E-state index is 5.77. The molecule has 1 heterocycles. The van der Waals surface area contributed by atoms with E-state index in [0.29, 0.717) is 6.04 Å². The van der Waals surface area contributed by atoms with E-state index in [1.165, 1.54) is 48.1 Å². The van der Waals surface area contributed by atoms with Crippen LogP contribution in [0.1, 0.15) is 47.9 Å². The molecule has 0 saturated carbocycles. The van der Waals surface area contributed by atoms with Gasteiger partial charge in [-0.3, -0.25) is 4.90 Å². The first-order valence-corrected chi connectivity index (χ1v) is 7.62. The average molecular weight is 260 g/mol. The number of hydrogen-bond acceptors (Lipinski definition) is 2. The topological polar surface area (TPSA) is 29.3 Å². The summed E-state index contributed by atoms with van der Waals surface area (Å²) in [5.74, 6) is 0. The molecule has 1 aromatic rings. The van der Waals surface area contributed by atoms with Crippen molar-refractivity contribution in [3.05, 3.63) is 34.4 Å². The molecule has 0 aliphatic carbocycles. The van der Waals surface area contributed by atoms with Crippen LogP contribution in [0.15, 0.2) is 12.1 Å². The molecule has 106 valence electrons. The fourth-order valence-corrected chi connectivity index (χ4v) is 3.45. The molecule has 0 spiro atoms. The van der Waals surface area contributed by atoms with E-state index in [9.17, 15) is 0 Å². The third kappa shape index (κ3) is 3.58. The molecular formula is C17H28N2. The van der Waals surface area contributed by atoms with E-state index in [1.54, 1.807) is 0 Å². The Kier molecular flexibility index (Phi) is 5.00. The normalized spacial score (nSPS) is 20.7. The van der Waals surface area contributed by atoms with Crippen LogP contribution in [0.25, 0.3) is 0 Å². The number of nitrogens with two attached hydrogens (primary N) is 1. The highest BCUT2D eigenvalue weighted by Gasteiger charge is 2.22. The zero-order chi connectivity index (χ0) is 13.8. The maximum Gasteiger partial charge on any atom is 0.0241 e. The third-order valence-electron chi connectivity index (χ3n) is 4.45. The molecule has 19 heavy (non-hydrogen) atoms. The van der Waals surface area contributed by atoms with Gasteiger partial charge >= 0.3 is 0 Å². The zero-order valence-electron chi connectivity index (χ0n) is 12.7. The first-order valence-electron chi connectivity index (χ1n) is 7.62. The van der Waals surface area contributed by atoms with Crippen molar-refractivity contribution in [2.45, 2.75) is 59.0 Å². The Balaban J connectivity index is 2.15. The second kappa shape index (κ2) is 6.53. The molecule has 0 bridgehead atoms. The van der Waals surface area contributed by atoms with Crippen molar-refractivity contribution < 1.29 is 0 Å². The molecule has 2 nitrogen and oxygen atoms in total. The maximum absolute atomic E-state index is 5.77. The van der Waals surface area contributed by atoms with Crippen LogP contribution in [0, 0.1) is 20.8 Å². The second-order valence-electron chi connectivity index (χ2n) is 6.07. The molecule has 2 N–H and O–H groups in total. The number of aryl methyl sites for hydroxylation is 3. The van der Waals surface area contributed by atoms with Gasteiger partial charge in [0.05, 0.1) is 0 Å². The Morgan fingerprint density at radius 1 is 1.16 bits per heavy atom. The largest absolute Gasteiger partial charge is 0.330 e. The molecule has 1 fully saturated rings. The van der Waals surface area contributed by atoms with Gasteiger partial charge in [-0.05, 0) is 69.8 Å². The van der Waals surface area contributed by atoms with Gasteiger partial charge in [0, 0.05) is 12.6 Å². The lowest BCUT2D eigenvalue weighted by atomic mass is 9.95. The van der Waals surface area contributed by atoms with Crippen molar-refractivity contribution in [3.63, 3.8) is 0 Å². The highest BCUT2D eigenvalue weighted by Crippen LogP contribution is 2.25. The van der Waals surface area contributed by atoms with Crippen molar-refractivity contribution in [1.82, 2.24) is 4.90 Å². The third-order valence-corrected chi connectivity index (χ3v) is 4.45. The van der Waals surface area contributed by atoms with Crippen LogP contribution >= 0.6 is 0 Å². The molecule has 1 aliphatic heterocycles. The lowest BCUT2D eigenvalue weighted by molar-refractivity contribution is 0.133. The van der Waals surface area contributed by atoms with Crippen molar-refractivity contribution in [1.29, 1.82) is 0 Å². The smallest absolute Gasteiger partial charge is 0.0241 e. The van der Waals surface area contributed by atoms with Gasteiger partial charge in [-0.15, -0.1) is 0 Å². The number of benzene rings is 1. The molecule has 1 unspecified atom stereocenters.